The van der Waals surface area contributed by atoms with Crippen LogP contribution >= 0.6 is 0 Å². The van der Waals surface area contributed by atoms with Gasteiger partial charge < -0.3 is 5.11 Å². The fourth-order valence-electron chi connectivity index (χ4n) is 1.66. The van der Waals surface area contributed by atoms with Crippen molar-refractivity contribution >= 4 is 0 Å². The van der Waals surface area contributed by atoms with Crippen molar-refractivity contribution in [2.45, 2.75) is 31.4 Å². The van der Waals surface area contributed by atoms with Gasteiger partial charge in [0.25, 0.3) is 5.92 Å². The number of rotatable bonds is 1. The van der Waals surface area contributed by atoms with Gasteiger partial charge in [0.2, 0.25) is 0 Å². The van der Waals surface area contributed by atoms with Gasteiger partial charge in [-0.25, -0.2) is 8.78 Å². The Hall–Kier alpha value is -0.220. The standard InChI is InChI=1S/C7H13F2NO/c1-5(11)6-7(8,9)3-4-10(6)2/h5-6,11H,3-4H2,1-2H3/t5-,6+/m0/s1. The average molecular weight is 165 g/mol. The molecule has 0 aliphatic carbocycles. The molecular weight excluding hydrogens is 152 g/mol. The minimum Gasteiger partial charge on any atom is -0.392 e. The third kappa shape index (κ3) is 1.51. The molecular formula is C7H13F2NO. The van der Waals surface area contributed by atoms with Crippen molar-refractivity contribution < 1.29 is 13.9 Å². The average Bonchev–Trinajstić information content (AvgIpc) is 2.06. The maximum Gasteiger partial charge on any atom is 0.267 e. The number of nitrogens with zero attached hydrogens (tertiary/aromatic N) is 1. The summed E-state index contributed by atoms with van der Waals surface area (Å²) in [6, 6.07) is -0.998. The molecule has 0 spiro atoms. The molecule has 0 bridgehead atoms. The van der Waals surface area contributed by atoms with Crippen LogP contribution in [0, 0.1) is 0 Å². The van der Waals surface area contributed by atoms with Crippen LogP contribution in [0.1, 0.15) is 13.3 Å². The predicted molar refractivity (Wildman–Crippen MR) is 37.7 cm³/mol. The first-order chi connectivity index (χ1) is 4.95. The van der Waals surface area contributed by atoms with E-state index in [0.717, 1.165) is 0 Å². The summed E-state index contributed by atoms with van der Waals surface area (Å²) in [6.07, 6.45) is -1.10. The predicted octanol–water partition coefficient (Wildman–Crippen LogP) is 0.707. The molecule has 1 N–H and O–H groups in total. The van der Waals surface area contributed by atoms with Gasteiger partial charge in [0.05, 0.1) is 12.1 Å². The second kappa shape index (κ2) is 2.68. The van der Waals surface area contributed by atoms with E-state index in [0.29, 0.717) is 6.54 Å². The molecule has 0 aromatic carbocycles. The first kappa shape index (κ1) is 8.87. The number of likely N-dealkylation sites (tertiary alicyclic amines) is 1. The fraction of sp³-hybridized carbons (Fsp3) is 1.00. The number of halogens is 2. The van der Waals surface area contributed by atoms with Crippen LogP contribution in [0.2, 0.25) is 0 Å². The van der Waals surface area contributed by atoms with Crippen molar-refractivity contribution in [1.82, 2.24) is 4.90 Å². The highest BCUT2D eigenvalue weighted by Crippen LogP contribution is 2.34. The maximum absolute atomic E-state index is 12.9. The highest BCUT2D eigenvalue weighted by Gasteiger charge is 2.49. The third-order valence-electron chi connectivity index (χ3n) is 2.16. The second-order valence-corrected chi connectivity index (χ2v) is 3.18. The first-order valence-corrected chi connectivity index (χ1v) is 3.71. The minimum absolute atomic E-state index is 0.140. The lowest BCUT2D eigenvalue weighted by Gasteiger charge is -2.26. The largest absolute Gasteiger partial charge is 0.392 e. The van der Waals surface area contributed by atoms with E-state index in [1.165, 1.54) is 11.8 Å². The molecule has 1 aliphatic heterocycles. The smallest absolute Gasteiger partial charge is 0.267 e. The highest BCUT2D eigenvalue weighted by atomic mass is 19.3. The minimum atomic E-state index is -2.72. The van der Waals surface area contributed by atoms with Crippen molar-refractivity contribution in [3.8, 4) is 0 Å². The Morgan fingerprint density at radius 3 is 2.36 bits per heavy atom. The first-order valence-electron chi connectivity index (χ1n) is 3.71. The maximum atomic E-state index is 12.9. The van der Waals surface area contributed by atoms with E-state index in [-0.39, 0.29) is 6.42 Å². The Kier molecular flexibility index (Phi) is 2.16. The number of alkyl halides is 2. The second-order valence-electron chi connectivity index (χ2n) is 3.18. The Bertz CT molecular complexity index is 149. The summed E-state index contributed by atoms with van der Waals surface area (Å²) in [5, 5.41) is 9.04. The molecule has 66 valence electrons. The van der Waals surface area contributed by atoms with Gasteiger partial charge in [-0.05, 0) is 14.0 Å². The lowest BCUT2D eigenvalue weighted by molar-refractivity contribution is -0.0709. The molecule has 1 rings (SSSR count). The lowest BCUT2D eigenvalue weighted by atomic mass is 10.1. The van der Waals surface area contributed by atoms with Crippen LogP contribution in [0.25, 0.3) is 0 Å². The summed E-state index contributed by atoms with van der Waals surface area (Å²) in [5.41, 5.74) is 0. The van der Waals surface area contributed by atoms with Crippen LogP contribution in [0.4, 0.5) is 8.78 Å². The van der Waals surface area contributed by atoms with Crippen LogP contribution in [-0.4, -0.2) is 41.7 Å². The number of hydrogen-bond donors (Lipinski definition) is 1. The molecule has 1 fully saturated rings. The summed E-state index contributed by atoms with van der Waals surface area (Å²) in [7, 11) is 1.61. The van der Waals surface area contributed by atoms with Gasteiger partial charge in [0, 0.05) is 13.0 Å². The van der Waals surface area contributed by atoms with Crippen molar-refractivity contribution in [3.05, 3.63) is 0 Å². The molecule has 0 aromatic heterocycles. The third-order valence-corrected chi connectivity index (χ3v) is 2.16. The Balaban J connectivity index is 2.72. The molecule has 2 nitrogen and oxygen atoms in total. The van der Waals surface area contributed by atoms with Crippen LogP contribution in [0.15, 0.2) is 0 Å². The molecule has 1 saturated heterocycles. The van der Waals surface area contributed by atoms with E-state index in [2.05, 4.69) is 0 Å². The molecule has 0 saturated carbocycles. The molecule has 0 unspecified atom stereocenters. The zero-order chi connectivity index (χ0) is 8.65. The van der Waals surface area contributed by atoms with Crippen LogP contribution in [0.5, 0.6) is 0 Å². The van der Waals surface area contributed by atoms with Crippen molar-refractivity contribution in [1.29, 1.82) is 0 Å². The monoisotopic (exact) mass is 165 g/mol. The molecule has 0 amide bonds. The van der Waals surface area contributed by atoms with Crippen LogP contribution < -0.4 is 0 Å². The Labute approximate surface area is 64.8 Å². The summed E-state index contributed by atoms with van der Waals surface area (Å²) >= 11 is 0. The topological polar surface area (TPSA) is 23.5 Å². The number of hydrogen-bond acceptors (Lipinski definition) is 2. The van der Waals surface area contributed by atoms with Crippen molar-refractivity contribution in [2.24, 2.45) is 0 Å². The van der Waals surface area contributed by atoms with E-state index in [4.69, 9.17) is 5.11 Å². The zero-order valence-corrected chi connectivity index (χ0v) is 6.72. The van der Waals surface area contributed by atoms with E-state index in [1.807, 2.05) is 0 Å². The van der Waals surface area contributed by atoms with Gasteiger partial charge in [-0.3, -0.25) is 4.90 Å². The number of aliphatic hydroxyl groups is 1. The Morgan fingerprint density at radius 1 is 1.64 bits per heavy atom. The van der Waals surface area contributed by atoms with Crippen LogP contribution in [-0.2, 0) is 0 Å². The van der Waals surface area contributed by atoms with E-state index in [9.17, 15) is 8.78 Å². The molecule has 0 radical (unpaired) electrons. The summed E-state index contributed by atoms with van der Waals surface area (Å²) in [5.74, 6) is -2.72. The van der Waals surface area contributed by atoms with E-state index < -0.39 is 18.1 Å². The van der Waals surface area contributed by atoms with Gasteiger partial charge in [-0.15, -0.1) is 0 Å². The highest BCUT2D eigenvalue weighted by molar-refractivity contribution is 4.94. The Morgan fingerprint density at radius 2 is 2.18 bits per heavy atom. The molecule has 1 aliphatic rings. The van der Waals surface area contributed by atoms with E-state index >= 15 is 0 Å². The fourth-order valence-corrected chi connectivity index (χ4v) is 1.66. The number of aliphatic hydroxyl groups excluding tert-OH is 1. The molecule has 1 heterocycles. The van der Waals surface area contributed by atoms with Crippen molar-refractivity contribution in [3.63, 3.8) is 0 Å². The molecule has 11 heavy (non-hydrogen) atoms. The molecule has 0 aromatic rings. The van der Waals surface area contributed by atoms with Gasteiger partial charge in [-0.1, -0.05) is 0 Å². The van der Waals surface area contributed by atoms with E-state index in [1.54, 1.807) is 7.05 Å². The van der Waals surface area contributed by atoms with Crippen molar-refractivity contribution in [2.75, 3.05) is 13.6 Å². The lowest BCUT2D eigenvalue weighted by Crippen LogP contribution is -2.44. The zero-order valence-electron chi connectivity index (χ0n) is 6.72. The van der Waals surface area contributed by atoms with Gasteiger partial charge in [0.1, 0.15) is 0 Å². The number of likely N-dealkylation sites (N-methyl/N-ethyl adjacent to an activating group) is 1. The van der Waals surface area contributed by atoms with Gasteiger partial charge >= 0.3 is 0 Å². The quantitative estimate of drug-likeness (QED) is 0.618. The SMILES string of the molecule is C[C@H](O)[C@H]1N(C)CCC1(F)F. The van der Waals surface area contributed by atoms with Crippen LogP contribution in [0.3, 0.4) is 0 Å². The molecule has 4 heteroatoms. The van der Waals surface area contributed by atoms with Gasteiger partial charge in [-0.2, -0.15) is 0 Å². The summed E-state index contributed by atoms with van der Waals surface area (Å²) < 4.78 is 25.8. The summed E-state index contributed by atoms with van der Waals surface area (Å²) in [6.45, 7) is 1.77. The summed E-state index contributed by atoms with van der Waals surface area (Å²) in [4.78, 5) is 1.50. The van der Waals surface area contributed by atoms with Gasteiger partial charge in [0.15, 0.2) is 0 Å². The normalized spacial score (nSPS) is 34.1. The molecule has 2 atom stereocenters.